The average molecular weight is 284 g/mol. The van der Waals surface area contributed by atoms with Crippen LogP contribution in [-0.4, -0.2) is 4.98 Å². The predicted octanol–water partition coefficient (Wildman–Crippen LogP) is 4.25. The number of nitrogens with zero attached hydrogens (tertiary/aromatic N) is 1. The summed E-state index contributed by atoms with van der Waals surface area (Å²) in [5.74, 6) is 0.404. The Labute approximate surface area is 120 Å². The van der Waals surface area contributed by atoms with Crippen LogP contribution in [0.4, 0.5) is 10.1 Å². The Morgan fingerprint density at radius 3 is 2.80 bits per heavy atom. The maximum Gasteiger partial charge on any atom is 0.124 e. The second kappa shape index (κ2) is 5.51. The van der Waals surface area contributed by atoms with Crippen LogP contribution in [0.5, 0.6) is 0 Å². The third kappa shape index (κ3) is 2.60. The standard InChI is InChI=1S/C16H13FN2S/c17-13-8-11-4-3-7-19-16(11)12(9-13)10-20-15-6-2-1-5-14(15)18/h1-9H,10,18H2. The molecule has 0 bridgehead atoms. The van der Waals surface area contributed by atoms with Crippen LogP contribution in [-0.2, 0) is 5.75 Å². The maximum atomic E-state index is 13.6. The van der Waals surface area contributed by atoms with Crippen molar-refractivity contribution < 1.29 is 4.39 Å². The minimum absolute atomic E-state index is 0.234. The molecule has 0 fully saturated rings. The van der Waals surface area contributed by atoms with E-state index < -0.39 is 0 Å². The number of pyridine rings is 1. The van der Waals surface area contributed by atoms with Gasteiger partial charge in [0.15, 0.2) is 0 Å². The first-order valence-corrected chi connectivity index (χ1v) is 7.23. The molecular formula is C16H13FN2S. The minimum Gasteiger partial charge on any atom is -0.398 e. The van der Waals surface area contributed by atoms with Gasteiger partial charge in [-0.25, -0.2) is 4.39 Å². The number of aromatic nitrogens is 1. The topological polar surface area (TPSA) is 38.9 Å². The number of halogens is 1. The largest absolute Gasteiger partial charge is 0.398 e. The van der Waals surface area contributed by atoms with E-state index in [1.165, 1.54) is 6.07 Å². The van der Waals surface area contributed by atoms with Gasteiger partial charge in [0.2, 0.25) is 0 Å². The van der Waals surface area contributed by atoms with Crippen LogP contribution in [0.2, 0.25) is 0 Å². The summed E-state index contributed by atoms with van der Waals surface area (Å²) in [4.78, 5) is 5.35. The fourth-order valence-corrected chi connectivity index (χ4v) is 3.05. The molecule has 0 aliphatic rings. The van der Waals surface area contributed by atoms with Gasteiger partial charge in [-0.05, 0) is 35.9 Å². The van der Waals surface area contributed by atoms with Crippen molar-refractivity contribution in [3.05, 3.63) is 66.1 Å². The molecule has 0 amide bonds. The molecule has 1 heterocycles. The van der Waals surface area contributed by atoms with Gasteiger partial charge in [-0.15, -0.1) is 11.8 Å². The Balaban J connectivity index is 1.93. The molecule has 20 heavy (non-hydrogen) atoms. The number of rotatable bonds is 3. The summed E-state index contributed by atoms with van der Waals surface area (Å²) in [6.07, 6.45) is 1.73. The normalized spacial score (nSPS) is 10.8. The molecule has 2 aromatic carbocycles. The quantitative estimate of drug-likeness (QED) is 0.577. The van der Waals surface area contributed by atoms with E-state index in [0.717, 1.165) is 27.0 Å². The molecule has 2 nitrogen and oxygen atoms in total. The van der Waals surface area contributed by atoms with Gasteiger partial charge in [0.1, 0.15) is 5.82 Å². The second-order valence-corrected chi connectivity index (χ2v) is 5.48. The molecule has 2 N–H and O–H groups in total. The number of hydrogen-bond acceptors (Lipinski definition) is 3. The molecular weight excluding hydrogens is 271 g/mol. The summed E-state index contributed by atoms with van der Waals surface area (Å²) in [5, 5.41) is 0.823. The SMILES string of the molecule is Nc1ccccc1SCc1cc(F)cc2cccnc12. The van der Waals surface area contributed by atoms with Crippen molar-refractivity contribution in [2.45, 2.75) is 10.6 Å². The highest BCUT2D eigenvalue weighted by Gasteiger charge is 2.07. The van der Waals surface area contributed by atoms with Gasteiger partial charge in [0.05, 0.1) is 5.52 Å². The van der Waals surface area contributed by atoms with Crippen LogP contribution in [0.1, 0.15) is 5.56 Å². The van der Waals surface area contributed by atoms with E-state index >= 15 is 0 Å². The number of nitrogens with two attached hydrogens (primary N) is 1. The van der Waals surface area contributed by atoms with Crippen molar-refractivity contribution in [1.82, 2.24) is 4.98 Å². The van der Waals surface area contributed by atoms with E-state index in [9.17, 15) is 4.39 Å². The van der Waals surface area contributed by atoms with Gasteiger partial charge in [0, 0.05) is 27.9 Å². The zero-order valence-electron chi connectivity index (χ0n) is 10.7. The van der Waals surface area contributed by atoms with Crippen LogP contribution in [0.15, 0.2) is 59.6 Å². The monoisotopic (exact) mass is 284 g/mol. The molecule has 0 aliphatic carbocycles. The van der Waals surface area contributed by atoms with E-state index in [1.54, 1.807) is 24.0 Å². The fourth-order valence-electron chi connectivity index (χ4n) is 2.11. The second-order valence-electron chi connectivity index (χ2n) is 4.47. The lowest BCUT2D eigenvalue weighted by Crippen LogP contribution is -1.91. The van der Waals surface area contributed by atoms with Gasteiger partial charge in [-0.1, -0.05) is 18.2 Å². The van der Waals surface area contributed by atoms with Gasteiger partial charge >= 0.3 is 0 Å². The molecule has 0 saturated carbocycles. The number of para-hydroxylation sites is 1. The Hall–Kier alpha value is -2.07. The molecule has 3 rings (SSSR count). The van der Waals surface area contributed by atoms with Crippen LogP contribution in [0, 0.1) is 5.82 Å². The van der Waals surface area contributed by atoms with Crippen LogP contribution in [0.3, 0.4) is 0 Å². The molecule has 0 aliphatic heterocycles. The lowest BCUT2D eigenvalue weighted by atomic mass is 10.1. The van der Waals surface area contributed by atoms with E-state index in [-0.39, 0.29) is 5.82 Å². The Bertz CT molecular complexity index is 758. The van der Waals surface area contributed by atoms with Crippen molar-refractivity contribution in [2.24, 2.45) is 0 Å². The van der Waals surface area contributed by atoms with E-state index in [0.29, 0.717) is 5.75 Å². The molecule has 0 spiro atoms. The first kappa shape index (κ1) is 12.9. The number of fused-ring (bicyclic) bond motifs is 1. The molecule has 4 heteroatoms. The molecule has 0 saturated heterocycles. The van der Waals surface area contributed by atoms with Crippen LogP contribution in [0.25, 0.3) is 10.9 Å². The van der Waals surface area contributed by atoms with Crippen LogP contribution < -0.4 is 5.73 Å². The zero-order valence-corrected chi connectivity index (χ0v) is 11.5. The minimum atomic E-state index is -0.234. The Morgan fingerprint density at radius 1 is 1.10 bits per heavy atom. The summed E-state index contributed by atoms with van der Waals surface area (Å²) in [6.45, 7) is 0. The van der Waals surface area contributed by atoms with Gasteiger partial charge in [0.25, 0.3) is 0 Å². The third-order valence-corrected chi connectivity index (χ3v) is 4.19. The van der Waals surface area contributed by atoms with Gasteiger partial charge < -0.3 is 5.73 Å². The summed E-state index contributed by atoms with van der Waals surface area (Å²) in [7, 11) is 0. The summed E-state index contributed by atoms with van der Waals surface area (Å²) < 4.78 is 13.6. The van der Waals surface area contributed by atoms with Crippen molar-refractivity contribution >= 4 is 28.4 Å². The van der Waals surface area contributed by atoms with Crippen molar-refractivity contribution in [3.63, 3.8) is 0 Å². The highest BCUT2D eigenvalue weighted by atomic mass is 32.2. The lowest BCUT2D eigenvalue weighted by molar-refractivity contribution is 0.628. The van der Waals surface area contributed by atoms with E-state index in [1.807, 2.05) is 36.4 Å². The van der Waals surface area contributed by atoms with E-state index in [4.69, 9.17) is 5.73 Å². The van der Waals surface area contributed by atoms with E-state index in [2.05, 4.69) is 4.98 Å². The molecule has 100 valence electrons. The number of thioether (sulfide) groups is 1. The first-order valence-electron chi connectivity index (χ1n) is 6.24. The Kier molecular flexibility index (Phi) is 3.56. The maximum absolute atomic E-state index is 13.6. The number of nitrogen functional groups attached to an aromatic ring is 1. The molecule has 0 atom stereocenters. The smallest absolute Gasteiger partial charge is 0.124 e. The molecule has 0 radical (unpaired) electrons. The third-order valence-electron chi connectivity index (χ3n) is 3.05. The van der Waals surface area contributed by atoms with Crippen molar-refractivity contribution in [3.8, 4) is 0 Å². The number of hydrogen-bond donors (Lipinski definition) is 1. The van der Waals surface area contributed by atoms with Gasteiger partial charge in [-0.2, -0.15) is 0 Å². The summed E-state index contributed by atoms with van der Waals surface area (Å²) in [5.41, 5.74) is 8.39. The molecule has 1 aromatic heterocycles. The summed E-state index contributed by atoms with van der Waals surface area (Å²) in [6, 6.07) is 14.4. The highest BCUT2D eigenvalue weighted by Crippen LogP contribution is 2.30. The first-order chi connectivity index (χ1) is 9.74. The van der Waals surface area contributed by atoms with Crippen LogP contribution >= 0.6 is 11.8 Å². The average Bonchev–Trinajstić information content (AvgIpc) is 2.46. The van der Waals surface area contributed by atoms with Crippen molar-refractivity contribution in [2.75, 3.05) is 5.73 Å². The molecule has 0 unspecified atom stereocenters. The fraction of sp³-hybridized carbons (Fsp3) is 0.0625. The lowest BCUT2D eigenvalue weighted by Gasteiger charge is -2.08. The molecule has 3 aromatic rings. The zero-order chi connectivity index (χ0) is 13.9. The van der Waals surface area contributed by atoms with Crippen molar-refractivity contribution in [1.29, 1.82) is 0 Å². The highest BCUT2D eigenvalue weighted by molar-refractivity contribution is 7.98. The summed E-state index contributed by atoms with van der Waals surface area (Å²) >= 11 is 1.59. The van der Waals surface area contributed by atoms with Gasteiger partial charge in [-0.3, -0.25) is 4.98 Å². The Morgan fingerprint density at radius 2 is 1.95 bits per heavy atom. The number of anilines is 1. The number of benzene rings is 2. The predicted molar refractivity (Wildman–Crippen MR) is 82.1 cm³/mol.